The smallest absolute Gasteiger partial charge is 0.267 e. The van der Waals surface area contributed by atoms with Gasteiger partial charge in [0.05, 0.1) is 5.02 Å². The minimum atomic E-state index is -0.198. The van der Waals surface area contributed by atoms with Crippen LogP contribution < -0.4 is 5.32 Å². The highest BCUT2D eigenvalue weighted by molar-refractivity contribution is 7.21. The van der Waals surface area contributed by atoms with Gasteiger partial charge in [-0.15, -0.1) is 11.3 Å². The zero-order valence-corrected chi connectivity index (χ0v) is 14.4. The molecule has 2 aromatic carbocycles. The molecular weight excluding hydrogens is 337 g/mol. The number of hydrogen-bond acceptors (Lipinski definition) is 2. The van der Waals surface area contributed by atoms with Crippen LogP contribution in [0.15, 0.2) is 36.4 Å². The molecule has 3 aromatic rings. The molecule has 0 bridgehead atoms. The van der Waals surface area contributed by atoms with Gasteiger partial charge in [-0.3, -0.25) is 4.79 Å². The number of carbonyl (C=O) groups is 1. The van der Waals surface area contributed by atoms with Gasteiger partial charge < -0.3 is 5.32 Å². The highest BCUT2D eigenvalue weighted by Crippen LogP contribution is 2.37. The number of fused-ring (bicyclic) bond motifs is 1. The van der Waals surface area contributed by atoms with Crippen LogP contribution in [0.4, 0.5) is 5.69 Å². The fourth-order valence-electron chi connectivity index (χ4n) is 2.23. The molecule has 0 atom stereocenters. The largest absolute Gasteiger partial charge is 0.321 e. The van der Waals surface area contributed by atoms with Crippen molar-refractivity contribution in [3.05, 3.63) is 62.4 Å². The highest BCUT2D eigenvalue weighted by Gasteiger charge is 2.18. The molecule has 0 radical (unpaired) electrons. The molecule has 5 heteroatoms. The minimum Gasteiger partial charge on any atom is -0.321 e. The predicted molar refractivity (Wildman–Crippen MR) is 95.7 cm³/mol. The Morgan fingerprint density at radius 2 is 1.86 bits per heavy atom. The molecule has 0 aliphatic rings. The third kappa shape index (κ3) is 2.84. The third-order valence-electron chi connectivity index (χ3n) is 3.44. The average Bonchev–Trinajstić information content (AvgIpc) is 2.79. The van der Waals surface area contributed by atoms with Gasteiger partial charge in [-0.25, -0.2) is 0 Å². The van der Waals surface area contributed by atoms with Crippen molar-refractivity contribution < 1.29 is 4.79 Å². The van der Waals surface area contributed by atoms with Crippen LogP contribution in [0.1, 0.15) is 20.8 Å². The van der Waals surface area contributed by atoms with E-state index in [9.17, 15) is 4.79 Å². The fourth-order valence-corrected chi connectivity index (χ4v) is 3.92. The zero-order chi connectivity index (χ0) is 15.9. The lowest BCUT2D eigenvalue weighted by Crippen LogP contribution is -2.11. The van der Waals surface area contributed by atoms with Crippen molar-refractivity contribution in [2.75, 3.05) is 5.32 Å². The van der Waals surface area contributed by atoms with Gasteiger partial charge in [-0.2, -0.15) is 0 Å². The van der Waals surface area contributed by atoms with Gasteiger partial charge in [0.2, 0.25) is 0 Å². The lowest BCUT2D eigenvalue weighted by atomic mass is 10.1. The lowest BCUT2D eigenvalue weighted by molar-refractivity contribution is 0.103. The zero-order valence-electron chi connectivity index (χ0n) is 12.0. The van der Waals surface area contributed by atoms with Gasteiger partial charge in [0.1, 0.15) is 4.88 Å². The van der Waals surface area contributed by atoms with Crippen LogP contribution >= 0.6 is 34.5 Å². The van der Waals surface area contributed by atoms with Crippen LogP contribution in [0.5, 0.6) is 0 Å². The second-order valence-corrected chi connectivity index (χ2v) is 7.02. The first-order valence-corrected chi connectivity index (χ1v) is 8.29. The van der Waals surface area contributed by atoms with Crippen LogP contribution in [0, 0.1) is 13.8 Å². The molecule has 0 unspecified atom stereocenters. The SMILES string of the molecule is Cc1ccc(C)c(NC(=O)c2sc3cc(Cl)ccc3c2Cl)c1. The van der Waals surface area contributed by atoms with Crippen LogP contribution in [-0.4, -0.2) is 5.91 Å². The van der Waals surface area contributed by atoms with E-state index in [4.69, 9.17) is 23.2 Å². The number of carbonyl (C=O) groups excluding carboxylic acids is 1. The van der Waals surface area contributed by atoms with Gasteiger partial charge in [-0.05, 0) is 43.2 Å². The Morgan fingerprint density at radius 1 is 1.09 bits per heavy atom. The number of hydrogen-bond donors (Lipinski definition) is 1. The van der Waals surface area contributed by atoms with Crippen LogP contribution in [0.25, 0.3) is 10.1 Å². The van der Waals surface area contributed by atoms with Gasteiger partial charge >= 0.3 is 0 Å². The molecule has 1 heterocycles. The van der Waals surface area contributed by atoms with Crippen LogP contribution in [0.3, 0.4) is 0 Å². The van der Waals surface area contributed by atoms with E-state index in [0.29, 0.717) is 14.9 Å². The monoisotopic (exact) mass is 349 g/mol. The maximum atomic E-state index is 12.5. The maximum absolute atomic E-state index is 12.5. The summed E-state index contributed by atoms with van der Waals surface area (Å²) < 4.78 is 0.906. The molecule has 0 spiro atoms. The Bertz CT molecular complexity index is 886. The van der Waals surface area contributed by atoms with E-state index in [1.54, 1.807) is 6.07 Å². The summed E-state index contributed by atoms with van der Waals surface area (Å²) in [5, 5.41) is 4.89. The van der Waals surface area contributed by atoms with E-state index in [1.807, 2.05) is 44.2 Å². The second-order valence-electron chi connectivity index (χ2n) is 5.16. The molecule has 0 fully saturated rings. The Labute approximate surface area is 142 Å². The average molecular weight is 350 g/mol. The molecule has 1 aromatic heterocycles. The number of anilines is 1. The Morgan fingerprint density at radius 3 is 2.64 bits per heavy atom. The van der Waals surface area contributed by atoms with Gasteiger partial charge in [0.25, 0.3) is 5.91 Å². The van der Waals surface area contributed by atoms with Gasteiger partial charge in [0, 0.05) is 20.8 Å². The highest BCUT2D eigenvalue weighted by atomic mass is 35.5. The summed E-state index contributed by atoms with van der Waals surface area (Å²) in [4.78, 5) is 13.0. The summed E-state index contributed by atoms with van der Waals surface area (Å²) >= 11 is 13.7. The number of halogens is 2. The minimum absolute atomic E-state index is 0.198. The fraction of sp³-hybridized carbons (Fsp3) is 0.118. The molecule has 0 aliphatic heterocycles. The van der Waals surface area contributed by atoms with Crippen LogP contribution in [-0.2, 0) is 0 Å². The van der Waals surface area contributed by atoms with E-state index in [2.05, 4.69) is 5.32 Å². The molecule has 2 nitrogen and oxygen atoms in total. The van der Waals surface area contributed by atoms with E-state index < -0.39 is 0 Å². The number of nitrogens with one attached hydrogen (secondary N) is 1. The van der Waals surface area contributed by atoms with Crippen molar-refractivity contribution in [3.8, 4) is 0 Å². The number of rotatable bonds is 2. The van der Waals surface area contributed by atoms with Crippen molar-refractivity contribution in [3.63, 3.8) is 0 Å². The van der Waals surface area contributed by atoms with E-state index >= 15 is 0 Å². The molecular formula is C17H13Cl2NOS. The molecule has 1 amide bonds. The van der Waals surface area contributed by atoms with Crippen molar-refractivity contribution >= 4 is 56.2 Å². The van der Waals surface area contributed by atoms with E-state index in [-0.39, 0.29) is 5.91 Å². The second kappa shape index (κ2) is 5.92. The molecule has 3 rings (SSSR count). The first-order chi connectivity index (χ1) is 10.5. The summed E-state index contributed by atoms with van der Waals surface area (Å²) in [6, 6.07) is 11.4. The Hall–Kier alpha value is -1.55. The van der Waals surface area contributed by atoms with Gasteiger partial charge in [0.15, 0.2) is 0 Å². The molecule has 0 saturated heterocycles. The molecule has 1 N–H and O–H groups in total. The van der Waals surface area contributed by atoms with E-state index in [1.165, 1.54) is 11.3 Å². The summed E-state index contributed by atoms with van der Waals surface area (Å²) in [7, 11) is 0. The van der Waals surface area contributed by atoms with Crippen molar-refractivity contribution in [2.24, 2.45) is 0 Å². The number of aryl methyl sites for hydroxylation is 2. The quantitative estimate of drug-likeness (QED) is 0.596. The summed E-state index contributed by atoms with van der Waals surface area (Å²) in [6.45, 7) is 3.95. The molecule has 22 heavy (non-hydrogen) atoms. The molecule has 112 valence electrons. The summed E-state index contributed by atoms with van der Waals surface area (Å²) in [5.41, 5.74) is 2.91. The predicted octanol–water partition coefficient (Wildman–Crippen LogP) is 6.08. The normalized spacial score (nSPS) is 10.9. The lowest BCUT2D eigenvalue weighted by Gasteiger charge is -2.08. The first kappa shape index (κ1) is 15.3. The maximum Gasteiger partial charge on any atom is 0.267 e. The summed E-state index contributed by atoms with van der Waals surface area (Å²) in [5.74, 6) is -0.198. The Kier molecular flexibility index (Phi) is 4.13. The molecule has 0 saturated carbocycles. The van der Waals surface area contributed by atoms with Crippen LogP contribution in [0.2, 0.25) is 10.0 Å². The first-order valence-electron chi connectivity index (χ1n) is 6.72. The topological polar surface area (TPSA) is 29.1 Å². The van der Waals surface area contributed by atoms with Crippen molar-refractivity contribution in [2.45, 2.75) is 13.8 Å². The van der Waals surface area contributed by atoms with E-state index in [0.717, 1.165) is 26.9 Å². The van der Waals surface area contributed by atoms with Crippen molar-refractivity contribution in [1.82, 2.24) is 0 Å². The number of thiophene rings is 1. The number of amides is 1. The molecule has 0 aliphatic carbocycles. The summed E-state index contributed by atoms with van der Waals surface area (Å²) in [6.07, 6.45) is 0. The standard InChI is InChI=1S/C17H13Cl2NOS/c1-9-3-4-10(2)13(7-9)20-17(21)16-15(19)12-6-5-11(18)8-14(12)22-16/h3-8H,1-2H3,(H,20,21). The van der Waals surface area contributed by atoms with Gasteiger partial charge in [-0.1, -0.05) is 41.4 Å². The Balaban J connectivity index is 1.98. The number of benzene rings is 2. The third-order valence-corrected chi connectivity index (χ3v) is 5.33. The van der Waals surface area contributed by atoms with Crippen molar-refractivity contribution in [1.29, 1.82) is 0 Å².